The van der Waals surface area contributed by atoms with Crippen LogP contribution in [0.4, 0.5) is 11.4 Å². The molecule has 1 amide bonds. The van der Waals surface area contributed by atoms with Crippen LogP contribution in [-0.2, 0) is 0 Å². The van der Waals surface area contributed by atoms with Crippen LogP contribution in [0.1, 0.15) is 41.9 Å². The average molecular weight is 386 g/mol. The first kappa shape index (κ1) is 20.3. The van der Waals surface area contributed by atoms with E-state index in [4.69, 9.17) is 0 Å². The first-order valence-electron chi connectivity index (χ1n) is 9.94. The summed E-state index contributed by atoms with van der Waals surface area (Å²) < 4.78 is 0. The van der Waals surface area contributed by atoms with Crippen molar-refractivity contribution in [1.29, 1.82) is 0 Å². The molecule has 2 N–H and O–H groups in total. The molecule has 0 fully saturated rings. The fraction of sp³-hybridized carbons (Fsp3) is 0.200. The maximum atomic E-state index is 12.3. The van der Waals surface area contributed by atoms with Crippen molar-refractivity contribution in [2.75, 3.05) is 11.9 Å². The van der Waals surface area contributed by atoms with Crippen molar-refractivity contribution in [2.24, 2.45) is 5.92 Å². The number of aromatic nitrogens is 1. The topological polar surface area (TPSA) is 54.0 Å². The Labute approximate surface area is 172 Å². The van der Waals surface area contributed by atoms with Gasteiger partial charge in [0.1, 0.15) is 0 Å². The summed E-state index contributed by atoms with van der Waals surface area (Å²) in [5.41, 5.74) is 4.54. The van der Waals surface area contributed by atoms with E-state index in [1.165, 1.54) is 0 Å². The lowest BCUT2D eigenvalue weighted by molar-refractivity contribution is 0.0952. The molecule has 4 nitrogen and oxygen atoms in total. The van der Waals surface area contributed by atoms with Gasteiger partial charge in [0.05, 0.1) is 5.69 Å². The molecule has 3 rings (SSSR count). The third kappa shape index (κ3) is 6.61. The second-order valence-corrected chi connectivity index (χ2v) is 7.35. The minimum absolute atomic E-state index is 0.0377. The summed E-state index contributed by atoms with van der Waals surface area (Å²) in [4.78, 5) is 16.6. The molecular weight excluding hydrogens is 358 g/mol. The molecular formula is C25H27N3O. The van der Waals surface area contributed by atoms with E-state index in [0.717, 1.165) is 29.1 Å². The SMILES string of the molecule is CC(C)CCNC(=O)c1cccc(Nc2ccc(C=Cc3ccccn3)cc2)c1. The highest BCUT2D eigenvalue weighted by Gasteiger charge is 2.06. The number of hydrogen-bond acceptors (Lipinski definition) is 3. The van der Waals surface area contributed by atoms with Gasteiger partial charge < -0.3 is 10.6 Å². The predicted molar refractivity (Wildman–Crippen MR) is 121 cm³/mol. The number of benzene rings is 2. The zero-order valence-electron chi connectivity index (χ0n) is 16.9. The molecule has 0 atom stereocenters. The zero-order valence-corrected chi connectivity index (χ0v) is 16.9. The van der Waals surface area contributed by atoms with Crippen molar-refractivity contribution in [3.63, 3.8) is 0 Å². The minimum atomic E-state index is -0.0377. The van der Waals surface area contributed by atoms with E-state index in [1.54, 1.807) is 6.20 Å². The normalized spacial score (nSPS) is 11.0. The third-order valence-electron chi connectivity index (χ3n) is 4.47. The molecule has 0 aliphatic rings. The number of amides is 1. The van der Waals surface area contributed by atoms with Crippen LogP contribution in [0.3, 0.4) is 0 Å². The summed E-state index contributed by atoms with van der Waals surface area (Å²) in [6.45, 7) is 4.99. The van der Waals surface area contributed by atoms with Gasteiger partial charge in [-0.05, 0) is 66.4 Å². The maximum Gasteiger partial charge on any atom is 0.251 e. The van der Waals surface area contributed by atoms with Crippen LogP contribution in [0, 0.1) is 5.92 Å². The van der Waals surface area contributed by atoms with Crippen molar-refractivity contribution in [2.45, 2.75) is 20.3 Å². The molecule has 0 unspecified atom stereocenters. The number of nitrogens with one attached hydrogen (secondary N) is 2. The van der Waals surface area contributed by atoms with Gasteiger partial charge in [0.25, 0.3) is 5.91 Å². The summed E-state index contributed by atoms with van der Waals surface area (Å²) in [7, 11) is 0. The van der Waals surface area contributed by atoms with Crippen LogP contribution in [0.15, 0.2) is 72.9 Å². The number of nitrogens with zero attached hydrogens (tertiary/aromatic N) is 1. The van der Waals surface area contributed by atoms with E-state index in [1.807, 2.05) is 78.9 Å². The molecule has 1 heterocycles. The van der Waals surface area contributed by atoms with Gasteiger partial charge in [-0.3, -0.25) is 9.78 Å². The van der Waals surface area contributed by atoms with Crippen molar-refractivity contribution in [3.8, 4) is 0 Å². The van der Waals surface area contributed by atoms with Crippen molar-refractivity contribution in [3.05, 3.63) is 89.7 Å². The van der Waals surface area contributed by atoms with Gasteiger partial charge in [0.2, 0.25) is 0 Å². The highest BCUT2D eigenvalue weighted by Crippen LogP contribution is 2.19. The first-order chi connectivity index (χ1) is 14.1. The van der Waals surface area contributed by atoms with Crippen LogP contribution in [-0.4, -0.2) is 17.4 Å². The van der Waals surface area contributed by atoms with Gasteiger partial charge >= 0.3 is 0 Å². The van der Waals surface area contributed by atoms with Crippen LogP contribution in [0.5, 0.6) is 0 Å². The van der Waals surface area contributed by atoms with Crippen LogP contribution in [0.2, 0.25) is 0 Å². The largest absolute Gasteiger partial charge is 0.356 e. The Balaban J connectivity index is 1.60. The van der Waals surface area contributed by atoms with Crippen molar-refractivity contribution >= 4 is 29.4 Å². The molecule has 0 spiro atoms. The lowest BCUT2D eigenvalue weighted by Crippen LogP contribution is -2.25. The average Bonchev–Trinajstić information content (AvgIpc) is 2.74. The van der Waals surface area contributed by atoms with Crippen LogP contribution >= 0.6 is 0 Å². The number of carbonyl (C=O) groups excluding carboxylic acids is 1. The molecule has 0 saturated carbocycles. The molecule has 0 radical (unpaired) electrons. The lowest BCUT2D eigenvalue weighted by Gasteiger charge is -2.10. The molecule has 3 aromatic rings. The summed E-state index contributed by atoms with van der Waals surface area (Å²) in [6.07, 6.45) is 6.79. The Hall–Kier alpha value is -3.40. The first-order valence-corrected chi connectivity index (χ1v) is 9.94. The van der Waals surface area contributed by atoms with Gasteiger partial charge in [0.15, 0.2) is 0 Å². The summed E-state index contributed by atoms with van der Waals surface area (Å²) in [5, 5.41) is 6.33. The van der Waals surface area contributed by atoms with E-state index < -0.39 is 0 Å². The van der Waals surface area contributed by atoms with Crippen molar-refractivity contribution < 1.29 is 4.79 Å². The Kier molecular flexibility index (Phi) is 7.17. The molecule has 2 aromatic carbocycles. The van der Waals surface area contributed by atoms with E-state index >= 15 is 0 Å². The number of anilines is 2. The minimum Gasteiger partial charge on any atom is -0.356 e. The predicted octanol–water partition coefficient (Wildman–Crippen LogP) is 5.77. The molecule has 0 bridgehead atoms. The van der Waals surface area contributed by atoms with Gasteiger partial charge in [0, 0.05) is 29.7 Å². The highest BCUT2D eigenvalue weighted by atomic mass is 16.1. The Morgan fingerprint density at radius 3 is 2.52 bits per heavy atom. The summed E-state index contributed by atoms with van der Waals surface area (Å²) in [5.74, 6) is 0.536. The number of hydrogen-bond donors (Lipinski definition) is 2. The molecule has 1 aromatic heterocycles. The number of rotatable bonds is 8. The molecule has 0 aliphatic heterocycles. The van der Waals surface area contributed by atoms with Crippen molar-refractivity contribution in [1.82, 2.24) is 10.3 Å². The van der Waals surface area contributed by atoms with Gasteiger partial charge in [-0.2, -0.15) is 0 Å². The maximum absolute atomic E-state index is 12.3. The van der Waals surface area contributed by atoms with E-state index in [9.17, 15) is 4.79 Å². The Morgan fingerprint density at radius 2 is 1.79 bits per heavy atom. The van der Waals surface area contributed by atoms with E-state index in [-0.39, 0.29) is 5.91 Å². The second-order valence-electron chi connectivity index (χ2n) is 7.35. The van der Waals surface area contributed by atoms with Crippen LogP contribution < -0.4 is 10.6 Å². The molecule has 0 aliphatic carbocycles. The second kappa shape index (κ2) is 10.2. The fourth-order valence-electron chi connectivity index (χ4n) is 2.82. The molecule has 0 saturated heterocycles. The van der Waals surface area contributed by atoms with E-state index in [0.29, 0.717) is 18.0 Å². The third-order valence-corrected chi connectivity index (χ3v) is 4.47. The fourth-order valence-corrected chi connectivity index (χ4v) is 2.82. The van der Waals surface area contributed by atoms with Gasteiger partial charge in [-0.15, -0.1) is 0 Å². The molecule has 29 heavy (non-hydrogen) atoms. The Morgan fingerprint density at radius 1 is 0.966 bits per heavy atom. The quantitative estimate of drug-likeness (QED) is 0.517. The number of pyridine rings is 1. The van der Waals surface area contributed by atoms with Gasteiger partial charge in [-0.1, -0.05) is 44.2 Å². The summed E-state index contributed by atoms with van der Waals surface area (Å²) >= 11 is 0. The monoisotopic (exact) mass is 385 g/mol. The Bertz CT molecular complexity index is 947. The van der Waals surface area contributed by atoms with E-state index in [2.05, 4.69) is 29.5 Å². The highest BCUT2D eigenvalue weighted by molar-refractivity contribution is 5.95. The summed E-state index contributed by atoms with van der Waals surface area (Å²) in [6, 6.07) is 21.5. The lowest BCUT2D eigenvalue weighted by atomic mass is 10.1. The smallest absolute Gasteiger partial charge is 0.251 e. The van der Waals surface area contributed by atoms with Crippen LogP contribution in [0.25, 0.3) is 12.2 Å². The number of carbonyl (C=O) groups is 1. The molecule has 148 valence electrons. The zero-order chi connectivity index (χ0) is 20.5. The van der Waals surface area contributed by atoms with Gasteiger partial charge in [-0.25, -0.2) is 0 Å². The molecule has 4 heteroatoms. The standard InChI is InChI=1S/C25H27N3O/c1-19(2)15-17-27-25(29)21-6-5-8-24(18-21)28-23-13-10-20(11-14-23)9-12-22-7-3-4-16-26-22/h3-14,16,18-19,28H,15,17H2,1-2H3,(H,27,29).